The second kappa shape index (κ2) is 6.93. The number of benzene rings is 2. The molecule has 0 radical (unpaired) electrons. The number of phenolic OH excluding ortho intramolecular Hbond substituents is 1. The van der Waals surface area contributed by atoms with E-state index in [1.54, 1.807) is 18.3 Å². The standard InChI is InChI=1S/C24H27NO3/c1-23(2,3)17-11-15(12-18(21(17)26)24(4,5)6)14-25-19-13-16-9-7-8-10-20(16)28-22(19)27/h7-14,26H,1-6H3. The van der Waals surface area contributed by atoms with Crippen molar-refractivity contribution in [2.75, 3.05) is 0 Å². The van der Waals surface area contributed by atoms with Crippen LogP contribution in [0.25, 0.3) is 11.0 Å². The van der Waals surface area contributed by atoms with Crippen LogP contribution < -0.4 is 5.63 Å². The summed E-state index contributed by atoms with van der Waals surface area (Å²) in [4.78, 5) is 16.6. The average Bonchev–Trinajstić information content (AvgIpc) is 2.58. The summed E-state index contributed by atoms with van der Waals surface area (Å²) < 4.78 is 5.35. The van der Waals surface area contributed by atoms with Gasteiger partial charge in [-0.3, -0.25) is 0 Å². The van der Waals surface area contributed by atoms with Gasteiger partial charge in [-0.25, -0.2) is 9.79 Å². The lowest BCUT2D eigenvalue weighted by molar-refractivity contribution is 0.423. The van der Waals surface area contributed by atoms with Crippen molar-refractivity contribution in [2.24, 2.45) is 4.99 Å². The number of nitrogens with zero attached hydrogens (tertiary/aromatic N) is 1. The summed E-state index contributed by atoms with van der Waals surface area (Å²) in [5, 5.41) is 11.6. The number of para-hydroxylation sites is 1. The van der Waals surface area contributed by atoms with E-state index in [-0.39, 0.29) is 16.5 Å². The molecule has 1 aromatic heterocycles. The minimum atomic E-state index is -0.471. The zero-order valence-electron chi connectivity index (χ0n) is 17.3. The summed E-state index contributed by atoms with van der Waals surface area (Å²) in [6.07, 6.45) is 1.66. The summed E-state index contributed by atoms with van der Waals surface area (Å²) in [5.41, 5.74) is 2.41. The highest BCUT2D eigenvalue weighted by Gasteiger charge is 2.26. The van der Waals surface area contributed by atoms with Crippen LogP contribution in [0.3, 0.4) is 0 Å². The first-order chi connectivity index (χ1) is 13.0. The van der Waals surface area contributed by atoms with Crippen LogP contribution in [0.4, 0.5) is 5.69 Å². The summed E-state index contributed by atoms with van der Waals surface area (Å²) in [6, 6.07) is 12.9. The maximum absolute atomic E-state index is 12.2. The third kappa shape index (κ3) is 4.01. The van der Waals surface area contributed by atoms with Gasteiger partial charge in [0.1, 0.15) is 17.0 Å². The SMILES string of the molecule is CC(C)(C)c1cc(C=Nc2cc3ccccc3oc2=O)cc(C(C)(C)C)c1O. The van der Waals surface area contributed by atoms with E-state index in [4.69, 9.17) is 4.42 Å². The van der Waals surface area contributed by atoms with E-state index in [0.717, 1.165) is 22.1 Å². The van der Waals surface area contributed by atoms with E-state index in [0.29, 0.717) is 11.3 Å². The van der Waals surface area contributed by atoms with Crippen LogP contribution in [0, 0.1) is 0 Å². The van der Waals surface area contributed by atoms with E-state index >= 15 is 0 Å². The van der Waals surface area contributed by atoms with Crippen molar-refractivity contribution in [3.63, 3.8) is 0 Å². The number of aromatic hydroxyl groups is 1. The molecule has 0 unspecified atom stereocenters. The molecular weight excluding hydrogens is 350 g/mol. The third-order valence-corrected chi connectivity index (χ3v) is 4.72. The van der Waals surface area contributed by atoms with Crippen molar-refractivity contribution in [1.82, 2.24) is 0 Å². The number of fused-ring (bicyclic) bond motifs is 1. The average molecular weight is 377 g/mol. The minimum Gasteiger partial charge on any atom is -0.507 e. The lowest BCUT2D eigenvalue weighted by Gasteiger charge is -2.27. The largest absolute Gasteiger partial charge is 0.507 e. The van der Waals surface area contributed by atoms with Crippen molar-refractivity contribution < 1.29 is 9.52 Å². The van der Waals surface area contributed by atoms with E-state index in [2.05, 4.69) is 46.5 Å². The number of hydrogen-bond acceptors (Lipinski definition) is 4. The van der Waals surface area contributed by atoms with Gasteiger partial charge in [0.2, 0.25) is 0 Å². The molecule has 4 heteroatoms. The fraction of sp³-hybridized carbons (Fsp3) is 0.333. The molecule has 0 fully saturated rings. The molecule has 0 aliphatic heterocycles. The molecule has 0 aliphatic carbocycles. The summed E-state index contributed by atoms with van der Waals surface area (Å²) in [5.74, 6) is 0.322. The predicted molar refractivity (Wildman–Crippen MR) is 115 cm³/mol. The summed E-state index contributed by atoms with van der Waals surface area (Å²) in [6.45, 7) is 12.4. The Morgan fingerprint density at radius 2 is 1.50 bits per heavy atom. The van der Waals surface area contributed by atoms with E-state index < -0.39 is 5.63 Å². The first-order valence-corrected chi connectivity index (χ1v) is 9.42. The van der Waals surface area contributed by atoms with Gasteiger partial charge < -0.3 is 9.52 Å². The Bertz CT molecular complexity index is 1070. The van der Waals surface area contributed by atoms with Crippen LogP contribution in [0.5, 0.6) is 5.75 Å². The normalized spacial score (nSPS) is 12.8. The van der Waals surface area contributed by atoms with Crippen LogP contribution in [0.15, 0.2) is 56.7 Å². The van der Waals surface area contributed by atoms with Gasteiger partial charge in [-0.05, 0) is 40.7 Å². The van der Waals surface area contributed by atoms with Crippen LogP contribution in [-0.2, 0) is 10.8 Å². The highest BCUT2D eigenvalue weighted by molar-refractivity contribution is 5.85. The number of aliphatic imine (C=N–C) groups is 1. The maximum atomic E-state index is 12.2. The number of hydrogen-bond donors (Lipinski definition) is 1. The smallest absolute Gasteiger partial charge is 0.362 e. The summed E-state index contributed by atoms with van der Waals surface area (Å²) >= 11 is 0. The highest BCUT2D eigenvalue weighted by Crippen LogP contribution is 2.39. The van der Waals surface area contributed by atoms with Crippen LogP contribution in [0.1, 0.15) is 58.2 Å². The van der Waals surface area contributed by atoms with Gasteiger partial charge in [-0.2, -0.15) is 0 Å². The van der Waals surface area contributed by atoms with Crippen LogP contribution >= 0.6 is 0 Å². The van der Waals surface area contributed by atoms with Crippen LogP contribution in [0.2, 0.25) is 0 Å². The molecule has 0 atom stereocenters. The molecule has 0 aliphatic rings. The first kappa shape index (κ1) is 19.9. The van der Waals surface area contributed by atoms with Crippen molar-refractivity contribution >= 4 is 22.9 Å². The fourth-order valence-corrected chi connectivity index (χ4v) is 3.16. The zero-order chi connectivity index (χ0) is 20.7. The number of rotatable bonds is 2. The molecule has 1 N–H and O–H groups in total. The van der Waals surface area contributed by atoms with Gasteiger partial charge in [0.15, 0.2) is 0 Å². The Hall–Kier alpha value is -2.88. The van der Waals surface area contributed by atoms with Gasteiger partial charge in [-0.15, -0.1) is 0 Å². The second-order valence-corrected chi connectivity index (χ2v) is 9.18. The zero-order valence-corrected chi connectivity index (χ0v) is 17.3. The molecule has 1 heterocycles. The molecule has 3 rings (SSSR count). The van der Waals surface area contributed by atoms with Gasteiger partial charge >= 0.3 is 5.63 Å². The highest BCUT2D eigenvalue weighted by atomic mass is 16.4. The molecule has 4 nitrogen and oxygen atoms in total. The topological polar surface area (TPSA) is 62.8 Å². The van der Waals surface area contributed by atoms with Crippen molar-refractivity contribution in [3.8, 4) is 5.75 Å². The quantitative estimate of drug-likeness (QED) is 0.450. The van der Waals surface area contributed by atoms with Crippen molar-refractivity contribution in [3.05, 3.63) is 69.6 Å². The third-order valence-electron chi connectivity index (χ3n) is 4.72. The van der Waals surface area contributed by atoms with Crippen LogP contribution in [-0.4, -0.2) is 11.3 Å². The molecular formula is C24H27NO3. The second-order valence-electron chi connectivity index (χ2n) is 9.18. The number of phenols is 1. The maximum Gasteiger partial charge on any atom is 0.362 e. The minimum absolute atomic E-state index is 0.226. The predicted octanol–water partition coefficient (Wildman–Crippen LogP) is 5.84. The molecule has 0 saturated carbocycles. The van der Waals surface area contributed by atoms with E-state index in [9.17, 15) is 9.90 Å². The lowest BCUT2D eigenvalue weighted by atomic mass is 9.78. The monoisotopic (exact) mass is 377 g/mol. The van der Waals surface area contributed by atoms with Gasteiger partial charge in [-0.1, -0.05) is 59.7 Å². The lowest BCUT2D eigenvalue weighted by Crippen LogP contribution is -2.17. The molecule has 0 saturated heterocycles. The van der Waals surface area contributed by atoms with Gasteiger partial charge in [0, 0.05) is 22.7 Å². The molecule has 28 heavy (non-hydrogen) atoms. The first-order valence-electron chi connectivity index (χ1n) is 9.42. The summed E-state index contributed by atoms with van der Waals surface area (Å²) in [7, 11) is 0. The molecule has 0 amide bonds. The van der Waals surface area contributed by atoms with E-state index in [1.807, 2.05) is 30.3 Å². The van der Waals surface area contributed by atoms with E-state index in [1.165, 1.54) is 0 Å². The molecule has 0 spiro atoms. The Kier molecular flexibility index (Phi) is 4.92. The Morgan fingerprint density at radius 1 is 0.929 bits per heavy atom. The Balaban J connectivity index is 2.12. The van der Waals surface area contributed by atoms with Gasteiger partial charge in [0.05, 0.1) is 0 Å². The molecule has 3 aromatic rings. The van der Waals surface area contributed by atoms with Gasteiger partial charge in [0.25, 0.3) is 0 Å². The van der Waals surface area contributed by atoms with Crippen molar-refractivity contribution in [2.45, 2.75) is 52.4 Å². The van der Waals surface area contributed by atoms with Crippen molar-refractivity contribution in [1.29, 1.82) is 0 Å². The molecule has 146 valence electrons. The Morgan fingerprint density at radius 3 is 2.07 bits per heavy atom. The molecule has 0 bridgehead atoms. The Labute approximate surface area is 165 Å². The fourth-order valence-electron chi connectivity index (χ4n) is 3.16. The molecule has 2 aromatic carbocycles.